The Bertz CT molecular complexity index is 1530. The molecule has 4 rings (SSSR count). The third-order valence-corrected chi connectivity index (χ3v) is 8.49. The minimum Gasteiger partial charge on any atom is -0.382 e. The second-order valence-electron chi connectivity index (χ2n) is 11.4. The van der Waals surface area contributed by atoms with Crippen LogP contribution in [0.25, 0.3) is 23.0 Å². The molecule has 1 fully saturated rings. The smallest absolute Gasteiger partial charge is 0.225 e. The number of aromatic nitrogens is 2. The highest BCUT2D eigenvalue weighted by molar-refractivity contribution is 5.88. The molecule has 1 aromatic carbocycles. The van der Waals surface area contributed by atoms with E-state index in [1.165, 1.54) is 24.0 Å². The van der Waals surface area contributed by atoms with Crippen LogP contribution in [0, 0.1) is 12.7 Å². The molecule has 9 heteroatoms. The van der Waals surface area contributed by atoms with Crippen LogP contribution >= 0.6 is 0 Å². The fourth-order valence-corrected chi connectivity index (χ4v) is 5.81. The van der Waals surface area contributed by atoms with Crippen molar-refractivity contribution >= 4 is 23.5 Å². The van der Waals surface area contributed by atoms with Crippen molar-refractivity contribution in [3.63, 3.8) is 0 Å². The Hall–Kier alpha value is -4.11. The van der Waals surface area contributed by atoms with E-state index in [0.717, 1.165) is 57.8 Å². The molecular formula is C40H57F3N6. The summed E-state index contributed by atoms with van der Waals surface area (Å²) in [5.41, 5.74) is 2.99. The van der Waals surface area contributed by atoms with E-state index in [9.17, 15) is 0 Å². The molecule has 2 heterocycles. The van der Waals surface area contributed by atoms with Crippen molar-refractivity contribution in [2.45, 2.75) is 93.5 Å². The largest absolute Gasteiger partial charge is 0.382 e. The normalized spacial score (nSPS) is 14.7. The Kier molecular flexibility index (Phi) is 17.1. The SMILES string of the molecule is C=C/C(F)=C(\C(F)=C/C)N1C(=C)C=Cc2c(-c3cc(C(=C)NC4CCCC4)cc(F)c3C)nc(NCCCN(CC)CC)nc21.CC.CC. The van der Waals surface area contributed by atoms with E-state index in [0.29, 0.717) is 51.9 Å². The fourth-order valence-electron chi connectivity index (χ4n) is 5.81. The predicted molar refractivity (Wildman–Crippen MR) is 204 cm³/mol. The van der Waals surface area contributed by atoms with Crippen LogP contribution in [0.3, 0.4) is 0 Å². The van der Waals surface area contributed by atoms with E-state index in [1.807, 2.05) is 33.8 Å². The maximum Gasteiger partial charge on any atom is 0.225 e. The number of halogens is 3. The van der Waals surface area contributed by atoms with Crippen LogP contribution in [0.1, 0.15) is 97.3 Å². The van der Waals surface area contributed by atoms with Gasteiger partial charge in [0.05, 0.1) is 5.69 Å². The molecule has 0 bridgehead atoms. The third kappa shape index (κ3) is 10.2. The van der Waals surface area contributed by atoms with Gasteiger partial charge in [0.15, 0.2) is 5.82 Å². The lowest BCUT2D eigenvalue weighted by atomic mass is 9.95. The molecule has 2 aliphatic rings. The lowest BCUT2D eigenvalue weighted by molar-refractivity contribution is 0.303. The average Bonchev–Trinajstić information content (AvgIpc) is 3.64. The summed E-state index contributed by atoms with van der Waals surface area (Å²) in [6.45, 7) is 30.5. The number of benzene rings is 1. The molecule has 1 aromatic heterocycles. The lowest BCUT2D eigenvalue weighted by Gasteiger charge is -2.31. The number of rotatable bonds is 14. The maximum absolute atomic E-state index is 15.6. The monoisotopic (exact) mass is 678 g/mol. The van der Waals surface area contributed by atoms with Crippen LogP contribution < -0.4 is 15.5 Å². The van der Waals surface area contributed by atoms with E-state index in [1.54, 1.807) is 19.1 Å². The third-order valence-electron chi connectivity index (χ3n) is 8.49. The molecule has 268 valence electrons. The van der Waals surface area contributed by atoms with Gasteiger partial charge in [0.25, 0.3) is 0 Å². The van der Waals surface area contributed by atoms with Crippen LogP contribution in [0.15, 0.2) is 73.1 Å². The number of hydrogen-bond donors (Lipinski definition) is 2. The Labute approximate surface area is 293 Å². The van der Waals surface area contributed by atoms with Crippen molar-refractivity contribution in [2.75, 3.05) is 36.4 Å². The highest BCUT2D eigenvalue weighted by Crippen LogP contribution is 2.42. The minimum absolute atomic E-state index is 0.218. The quantitative estimate of drug-likeness (QED) is 0.153. The van der Waals surface area contributed by atoms with E-state index in [4.69, 9.17) is 9.97 Å². The molecule has 0 saturated heterocycles. The molecule has 1 aliphatic carbocycles. The molecule has 0 spiro atoms. The zero-order chi connectivity index (χ0) is 36.7. The summed E-state index contributed by atoms with van der Waals surface area (Å²) < 4.78 is 46.2. The van der Waals surface area contributed by atoms with Gasteiger partial charge in [-0.3, -0.25) is 4.90 Å². The van der Waals surface area contributed by atoms with Crippen molar-refractivity contribution in [3.8, 4) is 11.3 Å². The Morgan fingerprint density at radius 2 is 1.71 bits per heavy atom. The first-order valence-electron chi connectivity index (χ1n) is 17.8. The van der Waals surface area contributed by atoms with Gasteiger partial charge >= 0.3 is 0 Å². The van der Waals surface area contributed by atoms with Crippen molar-refractivity contribution in [1.29, 1.82) is 0 Å². The highest BCUT2D eigenvalue weighted by Gasteiger charge is 2.30. The first-order valence-corrected chi connectivity index (χ1v) is 17.8. The van der Waals surface area contributed by atoms with Gasteiger partial charge in [-0.2, -0.15) is 4.98 Å². The Morgan fingerprint density at radius 3 is 2.31 bits per heavy atom. The zero-order valence-electron chi connectivity index (χ0n) is 30.9. The van der Waals surface area contributed by atoms with E-state index in [2.05, 4.69) is 49.1 Å². The molecule has 0 unspecified atom stereocenters. The Morgan fingerprint density at radius 1 is 1.06 bits per heavy atom. The number of allylic oxidation sites excluding steroid dienone is 5. The van der Waals surface area contributed by atoms with Gasteiger partial charge < -0.3 is 15.5 Å². The second kappa shape index (κ2) is 20.4. The van der Waals surface area contributed by atoms with Crippen LogP contribution in [0.4, 0.5) is 24.9 Å². The summed E-state index contributed by atoms with van der Waals surface area (Å²) in [4.78, 5) is 13.3. The number of nitrogens with one attached hydrogen (secondary N) is 2. The molecule has 0 atom stereocenters. The number of fused-ring (bicyclic) bond motifs is 1. The molecule has 1 aliphatic heterocycles. The van der Waals surface area contributed by atoms with Crippen molar-refractivity contribution < 1.29 is 13.2 Å². The van der Waals surface area contributed by atoms with Gasteiger partial charge in [0, 0.05) is 40.7 Å². The van der Waals surface area contributed by atoms with Crippen LogP contribution in [0.2, 0.25) is 0 Å². The van der Waals surface area contributed by atoms with Crippen LogP contribution in [-0.4, -0.2) is 47.1 Å². The number of nitrogens with zero attached hydrogens (tertiary/aromatic N) is 4. The highest BCUT2D eigenvalue weighted by atomic mass is 19.1. The molecule has 2 N–H and O–H groups in total. The first kappa shape index (κ1) is 41.1. The fraction of sp³-hybridized carbons (Fsp3) is 0.450. The van der Waals surface area contributed by atoms with Crippen molar-refractivity contribution in [3.05, 3.63) is 95.7 Å². The summed E-state index contributed by atoms with van der Waals surface area (Å²) in [5.74, 6) is -1.61. The van der Waals surface area contributed by atoms with E-state index < -0.39 is 17.5 Å². The molecule has 0 amide bonds. The minimum atomic E-state index is -0.875. The molecular weight excluding hydrogens is 621 g/mol. The van der Waals surface area contributed by atoms with Gasteiger partial charge in [-0.05, 0) is 94.7 Å². The average molecular weight is 679 g/mol. The summed E-state index contributed by atoms with van der Waals surface area (Å²) in [5, 5.41) is 6.76. The number of anilines is 2. The molecule has 0 radical (unpaired) electrons. The van der Waals surface area contributed by atoms with Gasteiger partial charge in [-0.25, -0.2) is 18.2 Å². The standard InChI is InChI=1S/C36H45F3N6.2C2H6/c1-8-30(37)34(31(38)9-2)45-23(5)17-18-28-33(42-36(43-35(28)45)40-19-14-20-44(10-3)11-4)29-21-26(22-32(39)24(29)6)25(7)41-27-15-12-13-16-27;2*1-2/h8-9,17-18,21-22,27,41H,1,5,7,10-16,19-20H2,2-4,6H3,(H,40,42,43);2*1-2H3/b31-9+,34-30-;;. The van der Waals surface area contributed by atoms with Crippen molar-refractivity contribution in [2.24, 2.45) is 0 Å². The summed E-state index contributed by atoms with van der Waals surface area (Å²) in [6, 6.07) is 3.65. The summed E-state index contributed by atoms with van der Waals surface area (Å²) >= 11 is 0. The van der Waals surface area contributed by atoms with Gasteiger partial charge in [-0.15, -0.1) is 0 Å². The molecule has 2 aromatic rings. The molecule has 6 nitrogen and oxygen atoms in total. The lowest BCUT2D eigenvalue weighted by Crippen LogP contribution is -2.27. The van der Waals surface area contributed by atoms with Gasteiger partial charge in [0.2, 0.25) is 5.95 Å². The first-order chi connectivity index (χ1) is 23.6. The summed E-state index contributed by atoms with van der Waals surface area (Å²) in [7, 11) is 0. The summed E-state index contributed by atoms with van der Waals surface area (Å²) in [6.07, 6.45) is 10.7. The second-order valence-corrected chi connectivity index (χ2v) is 11.4. The maximum atomic E-state index is 15.6. The van der Waals surface area contributed by atoms with E-state index in [-0.39, 0.29) is 17.5 Å². The zero-order valence-corrected chi connectivity index (χ0v) is 30.9. The molecule has 1 saturated carbocycles. The van der Waals surface area contributed by atoms with Crippen LogP contribution in [0.5, 0.6) is 0 Å². The molecule has 49 heavy (non-hydrogen) atoms. The predicted octanol–water partition coefficient (Wildman–Crippen LogP) is 10.9. The van der Waals surface area contributed by atoms with Gasteiger partial charge in [0.1, 0.15) is 23.2 Å². The van der Waals surface area contributed by atoms with Gasteiger partial charge in [-0.1, -0.05) is 74.1 Å². The van der Waals surface area contributed by atoms with E-state index >= 15 is 13.2 Å². The topological polar surface area (TPSA) is 56.3 Å². The van der Waals surface area contributed by atoms with Crippen molar-refractivity contribution in [1.82, 2.24) is 20.2 Å². The van der Waals surface area contributed by atoms with Crippen LogP contribution in [-0.2, 0) is 0 Å². The number of hydrogen-bond acceptors (Lipinski definition) is 6. The Balaban J connectivity index is 0.00000201.